The molecule has 8 nitrogen and oxygen atoms in total. The minimum absolute atomic E-state index is 0.554. The molecule has 0 aliphatic rings. The molecule has 0 amide bonds. The maximum atomic E-state index is 11.5. The highest BCUT2D eigenvalue weighted by Gasteiger charge is 2.29. The van der Waals surface area contributed by atoms with Gasteiger partial charge in [-0.1, -0.05) is 49.0 Å². The number of aryl methyl sites for hydroxylation is 1. The van der Waals surface area contributed by atoms with Gasteiger partial charge in [-0.3, -0.25) is 4.79 Å². The van der Waals surface area contributed by atoms with E-state index in [4.69, 9.17) is 0 Å². The standard InChI is InChI=1S/C26H28N6O2S2/c1-4-18-12-29-24(30-13-18)32(11-10-21-17-35-25(31-21)36-26(2,3)23(33)34)16-19-14-27-22(28-15-19)20-8-6-5-7-9-20/h5-9,12-15,17H,4,10-11,16H2,1-3H3,(H,33,34). The lowest BCUT2D eigenvalue weighted by molar-refractivity contribution is -0.138. The summed E-state index contributed by atoms with van der Waals surface area (Å²) in [7, 11) is 0. The molecular weight excluding hydrogens is 492 g/mol. The van der Waals surface area contributed by atoms with E-state index in [1.807, 2.05) is 60.5 Å². The highest BCUT2D eigenvalue weighted by atomic mass is 32.2. The van der Waals surface area contributed by atoms with Crippen molar-refractivity contribution in [3.8, 4) is 11.4 Å². The molecule has 0 unspecified atom stereocenters. The summed E-state index contributed by atoms with van der Waals surface area (Å²) in [6.45, 7) is 6.64. The fourth-order valence-electron chi connectivity index (χ4n) is 3.30. The van der Waals surface area contributed by atoms with Crippen LogP contribution in [-0.2, 0) is 24.2 Å². The number of hydrogen-bond acceptors (Lipinski definition) is 9. The van der Waals surface area contributed by atoms with Gasteiger partial charge in [0, 0.05) is 60.8 Å². The van der Waals surface area contributed by atoms with Gasteiger partial charge in [-0.25, -0.2) is 24.9 Å². The van der Waals surface area contributed by atoms with Gasteiger partial charge in [0.15, 0.2) is 10.2 Å². The number of thiazole rings is 1. The first-order valence-corrected chi connectivity index (χ1v) is 13.3. The Balaban J connectivity index is 1.48. The van der Waals surface area contributed by atoms with E-state index in [9.17, 15) is 9.90 Å². The number of aromatic nitrogens is 5. The summed E-state index contributed by atoms with van der Waals surface area (Å²) in [4.78, 5) is 36.5. The Morgan fingerprint density at radius 1 is 1.03 bits per heavy atom. The molecule has 4 rings (SSSR count). The highest BCUT2D eigenvalue weighted by Crippen LogP contribution is 2.34. The average molecular weight is 521 g/mol. The third-order valence-corrected chi connectivity index (χ3v) is 7.69. The molecule has 4 aromatic rings. The zero-order valence-electron chi connectivity index (χ0n) is 20.5. The van der Waals surface area contributed by atoms with Gasteiger partial charge < -0.3 is 10.0 Å². The summed E-state index contributed by atoms with van der Waals surface area (Å²) in [5.74, 6) is 0.464. The lowest BCUT2D eigenvalue weighted by Crippen LogP contribution is -2.27. The van der Waals surface area contributed by atoms with Gasteiger partial charge >= 0.3 is 5.97 Å². The van der Waals surface area contributed by atoms with Crippen LogP contribution in [0.15, 0.2) is 64.8 Å². The average Bonchev–Trinajstić information content (AvgIpc) is 3.34. The molecule has 0 atom stereocenters. The summed E-state index contributed by atoms with van der Waals surface area (Å²) in [6, 6.07) is 9.88. The molecule has 3 heterocycles. The Morgan fingerprint density at radius 3 is 2.33 bits per heavy atom. The van der Waals surface area contributed by atoms with Crippen LogP contribution in [0.5, 0.6) is 0 Å². The second-order valence-corrected chi connectivity index (χ2v) is 11.4. The van der Waals surface area contributed by atoms with Crippen LogP contribution in [0.2, 0.25) is 0 Å². The van der Waals surface area contributed by atoms with Crippen LogP contribution in [-0.4, -0.2) is 47.3 Å². The molecule has 3 aromatic heterocycles. The fraction of sp³-hybridized carbons (Fsp3) is 0.308. The number of carboxylic acid groups (broad SMARTS) is 1. The van der Waals surface area contributed by atoms with Crippen molar-refractivity contribution < 1.29 is 9.90 Å². The molecule has 0 aliphatic carbocycles. The molecule has 0 saturated carbocycles. The van der Waals surface area contributed by atoms with Crippen LogP contribution in [0.1, 0.15) is 37.6 Å². The van der Waals surface area contributed by atoms with E-state index in [1.54, 1.807) is 13.8 Å². The van der Waals surface area contributed by atoms with E-state index in [1.165, 1.54) is 23.1 Å². The lowest BCUT2D eigenvalue weighted by Gasteiger charge is -2.22. The van der Waals surface area contributed by atoms with E-state index < -0.39 is 10.7 Å². The molecule has 186 valence electrons. The third-order valence-electron chi connectivity index (χ3n) is 5.52. The van der Waals surface area contributed by atoms with Crippen molar-refractivity contribution in [3.63, 3.8) is 0 Å². The third kappa shape index (κ3) is 6.64. The number of rotatable bonds is 11. The van der Waals surface area contributed by atoms with Gasteiger partial charge in [-0.2, -0.15) is 0 Å². The molecule has 0 spiro atoms. The molecule has 0 radical (unpaired) electrons. The summed E-state index contributed by atoms with van der Waals surface area (Å²) >= 11 is 2.73. The normalized spacial score (nSPS) is 11.4. The van der Waals surface area contributed by atoms with Crippen LogP contribution in [0.4, 0.5) is 5.95 Å². The molecule has 1 aromatic carbocycles. The van der Waals surface area contributed by atoms with Crippen molar-refractivity contribution in [2.24, 2.45) is 0 Å². The summed E-state index contributed by atoms with van der Waals surface area (Å²) in [5, 5.41) is 11.4. The van der Waals surface area contributed by atoms with Gasteiger partial charge in [0.05, 0.1) is 5.69 Å². The quantitative estimate of drug-likeness (QED) is 0.269. The van der Waals surface area contributed by atoms with Crippen LogP contribution in [0.25, 0.3) is 11.4 Å². The second kappa shape index (κ2) is 11.6. The summed E-state index contributed by atoms with van der Waals surface area (Å²) in [6.07, 6.45) is 8.95. The van der Waals surface area contributed by atoms with Gasteiger partial charge in [0.2, 0.25) is 5.95 Å². The number of hydrogen-bond donors (Lipinski definition) is 1. The number of aliphatic carboxylic acids is 1. The Bertz CT molecular complexity index is 1280. The van der Waals surface area contributed by atoms with Gasteiger partial charge in [-0.05, 0) is 25.8 Å². The smallest absolute Gasteiger partial charge is 0.319 e. The van der Waals surface area contributed by atoms with Crippen LogP contribution < -0.4 is 4.90 Å². The van der Waals surface area contributed by atoms with Crippen molar-refractivity contribution in [1.29, 1.82) is 0 Å². The first-order valence-electron chi connectivity index (χ1n) is 11.6. The molecule has 1 N–H and O–H groups in total. The molecule has 0 saturated heterocycles. The largest absolute Gasteiger partial charge is 0.480 e. The lowest BCUT2D eigenvalue weighted by atomic mass is 10.2. The van der Waals surface area contributed by atoms with Gasteiger partial charge in [0.25, 0.3) is 0 Å². The molecule has 10 heteroatoms. The number of anilines is 1. The fourth-order valence-corrected chi connectivity index (χ4v) is 5.52. The monoisotopic (exact) mass is 520 g/mol. The molecule has 0 aliphatic heterocycles. The molecule has 0 fully saturated rings. The maximum absolute atomic E-state index is 11.5. The van der Waals surface area contributed by atoms with E-state index in [0.717, 1.165) is 33.1 Å². The zero-order valence-corrected chi connectivity index (χ0v) is 22.1. The zero-order chi connectivity index (χ0) is 25.5. The molecule has 0 bridgehead atoms. The predicted octanol–water partition coefficient (Wildman–Crippen LogP) is 5.16. The first-order chi connectivity index (χ1) is 17.3. The predicted molar refractivity (Wildman–Crippen MR) is 143 cm³/mol. The van der Waals surface area contributed by atoms with Crippen molar-refractivity contribution >= 4 is 35.0 Å². The van der Waals surface area contributed by atoms with E-state index in [0.29, 0.717) is 31.3 Å². The Hall–Kier alpha value is -3.37. The van der Waals surface area contributed by atoms with Gasteiger partial charge in [0.1, 0.15) is 4.75 Å². The SMILES string of the molecule is CCc1cnc(N(CCc2csc(SC(C)(C)C(=O)O)n2)Cc2cnc(-c3ccccc3)nc2)nc1. The Morgan fingerprint density at radius 2 is 1.69 bits per heavy atom. The van der Waals surface area contributed by atoms with Crippen molar-refractivity contribution in [1.82, 2.24) is 24.9 Å². The first kappa shape index (κ1) is 25.7. The van der Waals surface area contributed by atoms with Gasteiger partial charge in [-0.15, -0.1) is 11.3 Å². The second-order valence-electron chi connectivity index (χ2n) is 8.72. The summed E-state index contributed by atoms with van der Waals surface area (Å²) in [5.41, 5.74) is 3.92. The minimum Gasteiger partial charge on any atom is -0.480 e. The van der Waals surface area contributed by atoms with Crippen molar-refractivity contribution in [2.75, 3.05) is 11.4 Å². The topological polar surface area (TPSA) is 105 Å². The number of carboxylic acids is 1. The van der Waals surface area contributed by atoms with Crippen LogP contribution in [0.3, 0.4) is 0 Å². The number of benzene rings is 1. The van der Waals surface area contributed by atoms with E-state index >= 15 is 0 Å². The van der Waals surface area contributed by atoms with Crippen LogP contribution in [0, 0.1) is 0 Å². The number of nitrogens with zero attached hydrogens (tertiary/aromatic N) is 6. The number of thioether (sulfide) groups is 1. The van der Waals surface area contributed by atoms with Crippen molar-refractivity contribution in [2.45, 2.75) is 49.2 Å². The van der Waals surface area contributed by atoms with E-state index in [-0.39, 0.29) is 0 Å². The minimum atomic E-state index is -0.929. The number of carbonyl (C=O) groups is 1. The Kier molecular flexibility index (Phi) is 8.27. The maximum Gasteiger partial charge on any atom is 0.319 e. The van der Waals surface area contributed by atoms with Crippen molar-refractivity contribution in [3.05, 3.63) is 77.3 Å². The van der Waals surface area contributed by atoms with Crippen LogP contribution >= 0.6 is 23.1 Å². The summed E-state index contributed by atoms with van der Waals surface area (Å²) < 4.78 is -0.181. The Labute approximate surface area is 218 Å². The molecule has 36 heavy (non-hydrogen) atoms. The molecular formula is C26H28N6O2S2. The van der Waals surface area contributed by atoms with E-state index in [2.05, 4.69) is 36.7 Å². The highest BCUT2D eigenvalue weighted by molar-refractivity contribution is 8.03.